The Balaban J connectivity index is 1.72. The number of primary amides is 1. The standard InChI is InChI=1S/C29H39F4N3O4/c1-39-19-23(11-13-36-28(38)10-5-9-27(34)37)20-40-26-16-21(15-25(30)17-26)6-2-3-12-35-18-22-7-4-8-24(14-22)29(31,32)33/h4,7-8,14-17,23,35H,2-3,5-6,9-13,18-20H2,1H3,(H2,34,37)(H,36,38). The molecule has 1 unspecified atom stereocenters. The summed E-state index contributed by atoms with van der Waals surface area (Å²) in [6, 6.07) is 9.83. The predicted octanol–water partition coefficient (Wildman–Crippen LogP) is 4.76. The number of nitrogens with one attached hydrogen (secondary N) is 2. The number of nitrogens with two attached hydrogens (primary N) is 1. The third-order valence-corrected chi connectivity index (χ3v) is 6.17. The van der Waals surface area contributed by atoms with Crippen LogP contribution in [0.15, 0.2) is 42.5 Å². The first-order valence-corrected chi connectivity index (χ1v) is 13.4. The van der Waals surface area contributed by atoms with Crippen molar-refractivity contribution < 1.29 is 36.6 Å². The highest BCUT2D eigenvalue weighted by atomic mass is 19.4. The molecule has 1 atom stereocenters. The van der Waals surface area contributed by atoms with E-state index in [1.165, 1.54) is 18.2 Å². The van der Waals surface area contributed by atoms with Gasteiger partial charge in [-0.25, -0.2) is 4.39 Å². The van der Waals surface area contributed by atoms with Crippen LogP contribution in [-0.4, -0.2) is 45.2 Å². The minimum atomic E-state index is -4.36. The first-order valence-electron chi connectivity index (χ1n) is 13.4. The summed E-state index contributed by atoms with van der Waals surface area (Å²) >= 11 is 0. The highest BCUT2D eigenvalue weighted by Crippen LogP contribution is 2.29. The van der Waals surface area contributed by atoms with Gasteiger partial charge in [-0.05, 0) is 68.0 Å². The van der Waals surface area contributed by atoms with Gasteiger partial charge in [0, 0.05) is 45.0 Å². The molecule has 2 rings (SSSR count). The molecule has 0 aromatic heterocycles. The number of amides is 2. The van der Waals surface area contributed by atoms with Gasteiger partial charge in [-0.1, -0.05) is 18.2 Å². The fraction of sp³-hybridized carbons (Fsp3) is 0.517. The fourth-order valence-electron chi connectivity index (χ4n) is 4.11. The molecule has 222 valence electrons. The summed E-state index contributed by atoms with van der Waals surface area (Å²) in [6.07, 6.45) is -0.784. The highest BCUT2D eigenvalue weighted by molar-refractivity contribution is 5.77. The maximum atomic E-state index is 14.2. The second kappa shape index (κ2) is 17.5. The van der Waals surface area contributed by atoms with Crippen molar-refractivity contribution in [2.75, 3.05) is 33.4 Å². The van der Waals surface area contributed by atoms with Crippen LogP contribution < -0.4 is 21.1 Å². The molecule has 0 aliphatic heterocycles. The molecule has 2 aromatic carbocycles. The average Bonchev–Trinajstić information content (AvgIpc) is 2.88. The zero-order chi connectivity index (χ0) is 29.4. The molecule has 7 nitrogen and oxygen atoms in total. The molecule has 2 aromatic rings. The number of methoxy groups -OCH3 is 1. The molecule has 2 amide bonds. The number of aryl methyl sites for hydroxylation is 1. The van der Waals surface area contributed by atoms with Gasteiger partial charge in [0.1, 0.15) is 11.6 Å². The van der Waals surface area contributed by atoms with Gasteiger partial charge >= 0.3 is 6.18 Å². The van der Waals surface area contributed by atoms with Gasteiger partial charge in [-0.15, -0.1) is 0 Å². The van der Waals surface area contributed by atoms with Gasteiger partial charge in [-0.2, -0.15) is 13.2 Å². The van der Waals surface area contributed by atoms with Crippen molar-refractivity contribution in [1.82, 2.24) is 10.6 Å². The maximum absolute atomic E-state index is 14.2. The summed E-state index contributed by atoms with van der Waals surface area (Å²) in [5.74, 6) is -0.601. The lowest BCUT2D eigenvalue weighted by Gasteiger charge is -2.18. The molecule has 0 heterocycles. The zero-order valence-corrected chi connectivity index (χ0v) is 22.8. The van der Waals surface area contributed by atoms with E-state index in [4.69, 9.17) is 15.2 Å². The number of ether oxygens (including phenoxy) is 2. The maximum Gasteiger partial charge on any atom is 0.416 e. The van der Waals surface area contributed by atoms with E-state index in [1.807, 2.05) is 0 Å². The van der Waals surface area contributed by atoms with Crippen LogP contribution in [-0.2, 0) is 33.5 Å². The van der Waals surface area contributed by atoms with Gasteiger partial charge in [0.05, 0.1) is 18.8 Å². The van der Waals surface area contributed by atoms with Crippen LogP contribution in [0.4, 0.5) is 17.6 Å². The van der Waals surface area contributed by atoms with Crippen molar-refractivity contribution in [3.05, 3.63) is 65.0 Å². The van der Waals surface area contributed by atoms with Crippen LogP contribution >= 0.6 is 0 Å². The van der Waals surface area contributed by atoms with Crippen LogP contribution in [0.5, 0.6) is 5.75 Å². The molecule has 0 radical (unpaired) electrons. The van der Waals surface area contributed by atoms with E-state index >= 15 is 0 Å². The largest absolute Gasteiger partial charge is 0.493 e. The average molecular weight is 570 g/mol. The number of hydrogen-bond donors (Lipinski definition) is 3. The number of rotatable bonds is 19. The minimum absolute atomic E-state index is 0.0227. The molecule has 0 saturated heterocycles. The molecule has 0 spiro atoms. The Bertz CT molecular complexity index is 1070. The van der Waals surface area contributed by atoms with E-state index in [9.17, 15) is 27.2 Å². The first-order chi connectivity index (χ1) is 19.1. The van der Waals surface area contributed by atoms with Crippen molar-refractivity contribution in [1.29, 1.82) is 0 Å². The number of carbonyl (C=O) groups excluding carboxylic acids is 2. The Labute approximate surface area is 232 Å². The number of halogens is 4. The van der Waals surface area contributed by atoms with Gasteiger partial charge in [0.15, 0.2) is 0 Å². The lowest BCUT2D eigenvalue weighted by atomic mass is 10.1. The van der Waals surface area contributed by atoms with Crippen molar-refractivity contribution in [3.8, 4) is 5.75 Å². The molecule has 0 aliphatic carbocycles. The first kappa shape index (κ1) is 33.0. The fourth-order valence-corrected chi connectivity index (χ4v) is 4.11. The Morgan fingerprint density at radius 1 is 0.975 bits per heavy atom. The molecule has 0 aliphatic rings. The summed E-state index contributed by atoms with van der Waals surface area (Å²) in [4.78, 5) is 22.6. The van der Waals surface area contributed by atoms with E-state index in [0.29, 0.717) is 56.8 Å². The Morgan fingerprint density at radius 2 is 1.77 bits per heavy atom. The molecule has 11 heteroatoms. The van der Waals surface area contributed by atoms with Crippen LogP contribution in [0.2, 0.25) is 0 Å². The molecular weight excluding hydrogens is 530 g/mol. The van der Waals surface area contributed by atoms with Crippen molar-refractivity contribution in [3.63, 3.8) is 0 Å². The molecule has 40 heavy (non-hydrogen) atoms. The molecule has 0 bridgehead atoms. The highest BCUT2D eigenvalue weighted by Gasteiger charge is 2.30. The van der Waals surface area contributed by atoms with E-state index < -0.39 is 23.5 Å². The SMILES string of the molecule is COCC(CCNC(=O)CCCC(N)=O)COc1cc(F)cc(CCCCNCc2cccc(C(F)(F)F)c2)c1. The summed E-state index contributed by atoms with van der Waals surface area (Å²) in [6.45, 7) is 2.07. The number of carbonyl (C=O) groups is 2. The number of hydrogen-bond acceptors (Lipinski definition) is 5. The topological polar surface area (TPSA) is 103 Å². The molecule has 0 fully saturated rings. The molecule has 0 saturated carbocycles. The normalized spacial score (nSPS) is 12.2. The number of unbranched alkanes of at least 4 members (excludes halogenated alkanes) is 1. The smallest absolute Gasteiger partial charge is 0.416 e. The third kappa shape index (κ3) is 13.7. The number of alkyl halides is 3. The monoisotopic (exact) mass is 569 g/mol. The zero-order valence-electron chi connectivity index (χ0n) is 22.8. The summed E-state index contributed by atoms with van der Waals surface area (Å²) in [5, 5.41) is 5.95. The van der Waals surface area contributed by atoms with Crippen LogP contribution in [0.1, 0.15) is 55.2 Å². The molecule has 4 N–H and O–H groups in total. The van der Waals surface area contributed by atoms with E-state index in [-0.39, 0.29) is 31.3 Å². The minimum Gasteiger partial charge on any atom is -0.493 e. The van der Waals surface area contributed by atoms with Crippen molar-refractivity contribution in [2.45, 2.75) is 57.7 Å². The van der Waals surface area contributed by atoms with Gasteiger partial charge in [0.2, 0.25) is 11.8 Å². The lowest BCUT2D eigenvalue weighted by molar-refractivity contribution is -0.137. The number of benzene rings is 2. The van der Waals surface area contributed by atoms with E-state index in [0.717, 1.165) is 30.5 Å². The Hall–Kier alpha value is -3.18. The summed E-state index contributed by atoms with van der Waals surface area (Å²) < 4.78 is 63.8. The summed E-state index contributed by atoms with van der Waals surface area (Å²) in [5.41, 5.74) is 5.77. The quantitative estimate of drug-likeness (QED) is 0.167. The molecular formula is C29H39F4N3O4. The van der Waals surface area contributed by atoms with Crippen molar-refractivity contribution >= 4 is 11.8 Å². The van der Waals surface area contributed by atoms with Crippen LogP contribution in [0.25, 0.3) is 0 Å². The van der Waals surface area contributed by atoms with Crippen LogP contribution in [0.3, 0.4) is 0 Å². The van der Waals surface area contributed by atoms with Crippen LogP contribution in [0, 0.1) is 11.7 Å². The van der Waals surface area contributed by atoms with Gasteiger partial charge < -0.3 is 25.8 Å². The lowest BCUT2D eigenvalue weighted by Crippen LogP contribution is -2.28. The predicted molar refractivity (Wildman–Crippen MR) is 144 cm³/mol. The van der Waals surface area contributed by atoms with Gasteiger partial charge in [0.25, 0.3) is 0 Å². The summed E-state index contributed by atoms with van der Waals surface area (Å²) in [7, 11) is 1.57. The van der Waals surface area contributed by atoms with Crippen molar-refractivity contribution in [2.24, 2.45) is 11.7 Å². The Morgan fingerprint density at radius 3 is 2.50 bits per heavy atom. The van der Waals surface area contributed by atoms with E-state index in [2.05, 4.69) is 10.6 Å². The second-order valence-corrected chi connectivity index (χ2v) is 9.72. The second-order valence-electron chi connectivity index (χ2n) is 9.72. The Kier molecular flexibility index (Phi) is 14.4. The van der Waals surface area contributed by atoms with Gasteiger partial charge in [-0.3, -0.25) is 9.59 Å². The third-order valence-electron chi connectivity index (χ3n) is 6.17. The van der Waals surface area contributed by atoms with E-state index in [1.54, 1.807) is 19.2 Å².